The summed E-state index contributed by atoms with van der Waals surface area (Å²) < 4.78 is 45.6. The van der Waals surface area contributed by atoms with Gasteiger partial charge in [0.25, 0.3) is 21.8 Å². The highest BCUT2D eigenvalue weighted by Gasteiger charge is 2.20. The van der Waals surface area contributed by atoms with Gasteiger partial charge >= 0.3 is 0 Å². The second-order valence-corrected chi connectivity index (χ2v) is 8.30. The summed E-state index contributed by atoms with van der Waals surface area (Å²) in [6.45, 7) is 0.236. The number of benzene rings is 2. The Morgan fingerprint density at radius 1 is 0.968 bits per heavy atom. The number of furan rings is 1. The highest BCUT2D eigenvalue weighted by Crippen LogP contribution is 2.25. The number of carbonyl (C=O) groups excluding carboxylic acids is 2. The number of amides is 2. The Hall–Kier alpha value is -3.37. The van der Waals surface area contributed by atoms with Gasteiger partial charge in [0.2, 0.25) is 0 Å². The van der Waals surface area contributed by atoms with Gasteiger partial charge in [0.15, 0.2) is 5.76 Å². The van der Waals surface area contributed by atoms with Crippen LogP contribution in [0.2, 0.25) is 5.02 Å². The van der Waals surface area contributed by atoms with Gasteiger partial charge in [-0.25, -0.2) is 12.8 Å². The van der Waals surface area contributed by atoms with Crippen molar-refractivity contribution in [3.05, 3.63) is 83.0 Å². The molecule has 0 radical (unpaired) electrons. The third-order valence-electron chi connectivity index (χ3n) is 4.02. The van der Waals surface area contributed by atoms with Gasteiger partial charge < -0.3 is 15.1 Å². The maximum absolute atomic E-state index is 13.0. The van der Waals surface area contributed by atoms with E-state index in [1.165, 1.54) is 36.6 Å². The van der Waals surface area contributed by atoms with E-state index in [0.29, 0.717) is 0 Å². The second-order valence-electron chi connectivity index (χ2n) is 6.25. The Kier molecular flexibility index (Phi) is 6.93. The van der Waals surface area contributed by atoms with Crippen LogP contribution in [0.5, 0.6) is 0 Å². The first-order chi connectivity index (χ1) is 14.8. The predicted octanol–water partition coefficient (Wildman–Crippen LogP) is 3.03. The van der Waals surface area contributed by atoms with Crippen LogP contribution in [-0.4, -0.2) is 33.3 Å². The van der Waals surface area contributed by atoms with E-state index in [9.17, 15) is 22.4 Å². The molecular formula is C20H17ClFN3O5S. The summed E-state index contributed by atoms with van der Waals surface area (Å²) in [4.78, 5) is 23.8. The van der Waals surface area contributed by atoms with Crippen molar-refractivity contribution in [3.8, 4) is 0 Å². The predicted molar refractivity (Wildman–Crippen MR) is 112 cm³/mol. The third-order valence-corrected chi connectivity index (χ3v) is 5.88. The maximum atomic E-state index is 13.0. The molecule has 3 rings (SSSR count). The summed E-state index contributed by atoms with van der Waals surface area (Å²) in [5.74, 6) is -1.35. The van der Waals surface area contributed by atoms with Crippen molar-refractivity contribution >= 4 is 39.1 Å². The molecule has 8 nitrogen and oxygen atoms in total. The SMILES string of the molecule is O=C(NCCNC(=O)c1ccco1)c1ccc(Cl)c(S(=O)(=O)Nc2ccc(F)cc2)c1. The smallest absolute Gasteiger partial charge is 0.287 e. The van der Waals surface area contributed by atoms with Crippen molar-refractivity contribution in [3.63, 3.8) is 0 Å². The number of carbonyl (C=O) groups is 2. The zero-order chi connectivity index (χ0) is 22.4. The van der Waals surface area contributed by atoms with Crippen LogP contribution in [0.25, 0.3) is 0 Å². The monoisotopic (exact) mass is 465 g/mol. The van der Waals surface area contributed by atoms with Crippen LogP contribution in [0, 0.1) is 5.82 Å². The largest absolute Gasteiger partial charge is 0.459 e. The summed E-state index contributed by atoms with van der Waals surface area (Å²) in [6.07, 6.45) is 1.37. The molecule has 2 aromatic carbocycles. The molecule has 162 valence electrons. The van der Waals surface area contributed by atoms with Gasteiger partial charge in [-0.3, -0.25) is 14.3 Å². The Morgan fingerprint density at radius 2 is 1.65 bits per heavy atom. The molecule has 0 aliphatic carbocycles. The lowest BCUT2D eigenvalue weighted by molar-refractivity contribution is 0.0910. The van der Waals surface area contributed by atoms with Gasteiger partial charge in [0.1, 0.15) is 10.7 Å². The van der Waals surface area contributed by atoms with E-state index in [-0.39, 0.29) is 40.0 Å². The fourth-order valence-corrected chi connectivity index (χ4v) is 4.11. The molecule has 2 amide bonds. The van der Waals surface area contributed by atoms with Crippen molar-refractivity contribution in [1.29, 1.82) is 0 Å². The summed E-state index contributed by atoms with van der Waals surface area (Å²) in [5.41, 5.74) is 0.195. The molecule has 0 unspecified atom stereocenters. The highest BCUT2D eigenvalue weighted by molar-refractivity contribution is 7.92. The quantitative estimate of drug-likeness (QED) is 0.442. The molecule has 0 aliphatic heterocycles. The van der Waals surface area contributed by atoms with E-state index < -0.39 is 27.7 Å². The van der Waals surface area contributed by atoms with Crippen LogP contribution >= 0.6 is 11.6 Å². The minimum absolute atomic E-state index is 0.0567. The topological polar surface area (TPSA) is 118 Å². The van der Waals surface area contributed by atoms with Crippen LogP contribution in [0.3, 0.4) is 0 Å². The average molecular weight is 466 g/mol. The first kappa shape index (κ1) is 22.3. The van der Waals surface area contributed by atoms with Crippen LogP contribution in [0.1, 0.15) is 20.9 Å². The molecule has 0 saturated carbocycles. The number of sulfonamides is 1. The Labute approximate surface area is 182 Å². The molecule has 0 bridgehead atoms. The normalized spacial score (nSPS) is 11.0. The number of hydrogen-bond donors (Lipinski definition) is 3. The molecule has 3 aromatic rings. The van der Waals surface area contributed by atoms with Crippen molar-refractivity contribution in [2.24, 2.45) is 0 Å². The molecule has 0 spiro atoms. The molecule has 3 N–H and O–H groups in total. The minimum atomic E-state index is -4.13. The molecule has 0 aliphatic rings. The second kappa shape index (κ2) is 9.63. The van der Waals surface area contributed by atoms with E-state index in [1.54, 1.807) is 6.07 Å². The van der Waals surface area contributed by atoms with E-state index in [1.807, 2.05) is 0 Å². The van der Waals surface area contributed by atoms with Crippen molar-refractivity contribution < 1.29 is 26.8 Å². The number of nitrogens with one attached hydrogen (secondary N) is 3. The van der Waals surface area contributed by atoms with E-state index >= 15 is 0 Å². The highest BCUT2D eigenvalue weighted by atomic mass is 35.5. The zero-order valence-corrected chi connectivity index (χ0v) is 17.5. The van der Waals surface area contributed by atoms with Gasteiger partial charge in [-0.2, -0.15) is 0 Å². The number of rotatable bonds is 8. The Bertz CT molecular complexity index is 1180. The van der Waals surface area contributed by atoms with E-state index in [2.05, 4.69) is 15.4 Å². The first-order valence-electron chi connectivity index (χ1n) is 8.94. The molecule has 1 aromatic heterocycles. The molecule has 11 heteroatoms. The van der Waals surface area contributed by atoms with Crippen LogP contribution in [-0.2, 0) is 10.0 Å². The van der Waals surface area contributed by atoms with Crippen LogP contribution < -0.4 is 15.4 Å². The summed E-state index contributed by atoms with van der Waals surface area (Å²) in [6, 6.07) is 11.6. The standard InChI is InChI=1S/C20H17ClFN3O5S/c21-16-8-3-13(19(26)23-9-10-24-20(27)17-2-1-11-30-17)12-18(16)31(28,29)25-15-6-4-14(22)5-7-15/h1-8,11-12,25H,9-10H2,(H,23,26)(H,24,27). The van der Waals surface area contributed by atoms with Crippen LogP contribution in [0.15, 0.2) is 70.2 Å². The first-order valence-corrected chi connectivity index (χ1v) is 10.8. The molecule has 1 heterocycles. The number of anilines is 1. The van der Waals surface area contributed by atoms with E-state index in [0.717, 1.165) is 18.2 Å². The summed E-state index contributed by atoms with van der Waals surface area (Å²) >= 11 is 6.02. The number of halogens is 2. The lowest BCUT2D eigenvalue weighted by Gasteiger charge is -2.11. The molecule has 0 atom stereocenters. The fourth-order valence-electron chi connectivity index (χ4n) is 2.53. The summed E-state index contributed by atoms with van der Waals surface area (Å²) in [7, 11) is -4.13. The van der Waals surface area contributed by atoms with Gasteiger partial charge in [-0.1, -0.05) is 11.6 Å². The Balaban J connectivity index is 1.63. The van der Waals surface area contributed by atoms with E-state index in [4.69, 9.17) is 16.0 Å². The minimum Gasteiger partial charge on any atom is -0.459 e. The van der Waals surface area contributed by atoms with Crippen molar-refractivity contribution in [1.82, 2.24) is 10.6 Å². The Morgan fingerprint density at radius 3 is 2.29 bits per heavy atom. The maximum Gasteiger partial charge on any atom is 0.287 e. The molecule has 31 heavy (non-hydrogen) atoms. The molecular weight excluding hydrogens is 449 g/mol. The van der Waals surface area contributed by atoms with Gasteiger partial charge in [0, 0.05) is 24.3 Å². The van der Waals surface area contributed by atoms with Crippen molar-refractivity contribution in [2.75, 3.05) is 17.8 Å². The summed E-state index contributed by atoms with van der Waals surface area (Å²) in [5, 5.41) is 5.05. The third kappa shape index (κ3) is 5.83. The fraction of sp³-hybridized carbons (Fsp3) is 0.100. The van der Waals surface area contributed by atoms with Crippen LogP contribution in [0.4, 0.5) is 10.1 Å². The lowest BCUT2D eigenvalue weighted by Crippen LogP contribution is -2.34. The van der Waals surface area contributed by atoms with Gasteiger partial charge in [-0.05, 0) is 54.6 Å². The zero-order valence-electron chi connectivity index (χ0n) is 15.9. The average Bonchev–Trinajstić information content (AvgIpc) is 3.27. The van der Waals surface area contributed by atoms with Crippen molar-refractivity contribution in [2.45, 2.75) is 4.90 Å². The lowest BCUT2D eigenvalue weighted by atomic mass is 10.2. The molecule has 0 saturated heterocycles. The molecule has 0 fully saturated rings. The van der Waals surface area contributed by atoms with Gasteiger partial charge in [0.05, 0.1) is 11.3 Å². The van der Waals surface area contributed by atoms with Gasteiger partial charge in [-0.15, -0.1) is 0 Å². The number of hydrogen-bond acceptors (Lipinski definition) is 5.